The molecular weight excluding hydrogens is 388 g/mol. The molecule has 0 radical (unpaired) electrons. The Balaban J connectivity index is 2.29. The molecule has 8 heteroatoms. The maximum atomic E-state index is 12.5. The van der Waals surface area contributed by atoms with Crippen LogP contribution in [0.15, 0.2) is 47.4 Å². The number of Topliss-reactive ketones (excluding diaryl/α,β-unsaturated/α-hetero) is 1. The standard InChI is InChI=1S/C19H21ClN2O4S/c1-12(23)13-5-8-15(9-6-13)21-18(24)14-7-10-16(20)17(11-14)27(25,26)22-19(2,3)4/h5-11,22H,1-4H3,(H,21,24). The fourth-order valence-corrected chi connectivity index (χ4v) is 4.25. The molecule has 0 unspecified atom stereocenters. The van der Waals surface area contributed by atoms with E-state index in [1.54, 1.807) is 45.0 Å². The Morgan fingerprint density at radius 1 is 0.963 bits per heavy atom. The van der Waals surface area contributed by atoms with Crippen LogP contribution in [0.2, 0.25) is 5.02 Å². The maximum absolute atomic E-state index is 12.5. The van der Waals surface area contributed by atoms with Crippen LogP contribution < -0.4 is 10.0 Å². The van der Waals surface area contributed by atoms with Gasteiger partial charge in [0.05, 0.1) is 5.02 Å². The van der Waals surface area contributed by atoms with Crippen molar-refractivity contribution in [3.05, 3.63) is 58.6 Å². The van der Waals surface area contributed by atoms with E-state index in [9.17, 15) is 18.0 Å². The number of ketones is 1. The number of carbonyl (C=O) groups is 2. The fraction of sp³-hybridized carbons (Fsp3) is 0.263. The van der Waals surface area contributed by atoms with Crippen molar-refractivity contribution >= 4 is 39.0 Å². The van der Waals surface area contributed by atoms with E-state index in [0.717, 1.165) is 0 Å². The monoisotopic (exact) mass is 408 g/mol. The Hall–Kier alpha value is -2.22. The highest BCUT2D eigenvalue weighted by Crippen LogP contribution is 2.24. The van der Waals surface area contributed by atoms with E-state index >= 15 is 0 Å². The number of carbonyl (C=O) groups excluding carboxylic acids is 2. The number of rotatable bonds is 5. The van der Waals surface area contributed by atoms with E-state index in [1.807, 2.05) is 0 Å². The second-order valence-corrected chi connectivity index (χ2v) is 9.15. The molecule has 0 aliphatic rings. The Labute approximate surface area is 164 Å². The van der Waals surface area contributed by atoms with Crippen LogP contribution in [-0.4, -0.2) is 25.6 Å². The van der Waals surface area contributed by atoms with Crippen molar-refractivity contribution in [3.63, 3.8) is 0 Å². The Morgan fingerprint density at radius 3 is 2.04 bits per heavy atom. The number of amides is 1. The predicted molar refractivity (Wildman–Crippen MR) is 106 cm³/mol. The zero-order valence-corrected chi connectivity index (χ0v) is 17.0. The summed E-state index contributed by atoms with van der Waals surface area (Å²) in [6.45, 7) is 6.58. The van der Waals surface area contributed by atoms with Gasteiger partial charge in [0.15, 0.2) is 5.78 Å². The number of anilines is 1. The highest BCUT2D eigenvalue weighted by Gasteiger charge is 2.25. The quantitative estimate of drug-likeness (QED) is 0.734. The van der Waals surface area contributed by atoms with Crippen molar-refractivity contribution in [2.75, 3.05) is 5.32 Å². The first-order valence-electron chi connectivity index (χ1n) is 8.15. The van der Waals surface area contributed by atoms with Gasteiger partial charge in [-0.2, -0.15) is 0 Å². The largest absolute Gasteiger partial charge is 0.322 e. The van der Waals surface area contributed by atoms with E-state index in [-0.39, 0.29) is 21.3 Å². The molecule has 0 aliphatic heterocycles. The van der Waals surface area contributed by atoms with Crippen LogP contribution in [0.3, 0.4) is 0 Å². The van der Waals surface area contributed by atoms with Crippen LogP contribution in [0.5, 0.6) is 0 Å². The Bertz CT molecular complexity index is 978. The Kier molecular flexibility index (Phi) is 6.09. The van der Waals surface area contributed by atoms with E-state index in [1.165, 1.54) is 25.1 Å². The first kappa shape index (κ1) is 21.1. The van der Waals surface area contributed by atoms with E-state index in [2.05, 4.69) is 10.0 Å². The molecule has 0 saturated carbocycles. The molecule has 6 nitrogen and oxygen atoms in total. The summed E-state index contributed by atoms with van der Waals surface area (Å²) >= 11 is 6.04. The van der Waals surface area contributed by atoms with E-state index < -0.39 is 21.5 Å². The minimum atomic E-state index is -3.89. The molecular formula is C19H21ClN2O4S. The molecule has 2 aromatic rings. The molecule has 144 valence electrons. The minimum Gasteiger partial charge on any atom is -0.322 e. The van der Waals surface area contributed by atoms with E-state index in [0.29, 0.717) is 11.3 Å². The summed E-state index contributed by atoms with van der Waals surface area (Å²) in [4.78, 5) is 23.6. The number of hydrogen-bond donors (Lipinski definition) is 2. The van der Waals surface area contributed by atoms with Gasteiger partial charge in [-0.05, 0) is 70.2 Å². The fourth-order valence-electron chi connectivity index (χ4n) is 2.30. The average Bonchev–Trinajstić information content (AvgIpc) is 2.53. The van der Waals surface area contributed by atoms with Crippen molar-refractivity contribution in [1.82, 2.24) is 4.72 Å². The van der Waals surface area contributed by atoms with Gasteiger partial charge in [-0.1, -0.05) is 11.6 Å². The van der Waals surface area contributed by atoms with Gasteiger partial charge in [0.1, 0.15) is 4.90 Å². The lowest BCUT2D eigenvalue weighted by atomic mass is 10.1. The first-order valence-corrected chi connectivity index (χ1v) is 10.0. The molecule has 2 N–H and O–H groups in total. The molecule has 0 aliphatic carbocycles. The maximum Gasteiger partial charge on any atom is 0.255 e. The number of hydrogen-bond acceptors (Lipinski definition) is 4. The van der Waals surface area contributed by atoms with Crippen LogP contribution in [0.1, 0.15) is 48.4 Å². The summed E-state index contributed by atoms with van der Waals surface area (Å²) in [6, 6.07) is 10.4. The summed E-state index contributed by atoms with van der Waals surface area (Å²) in [7, 11) is -3.89. The number of benzene rings is 2. The van der Waals surface area contributed by atoms with Gasteiger partial charge < -0.3 is 5.32 Å². The molecule has 0 saturated heterocycles. The number of sulfonamides is 1. The zero-order valence-electron chi connectivity index (χ0n) is 15.5. The van der Waals surface area contributed by atoms with E-state index in [4.69, 9.17) is 11.6 Å². The Morgan fingerprint density at radius 2 is 1.52 bits per heavy atom. The summed E-state index contributed by atoms with van der Waals surface area (Å²) in [5.74, 6) is -0.568. The normalized spacial score (nSPS) is 11.9. The van der Waals surface area contributed by atoms with Crippen molar-refractivity contribution in [2.24, 2.45) is 0 Å². The summed E-state index contributed by atoms with van der Waals surface area (Å²) < 4.78 is 27.6. The van der Waals surface area contributed by atoms with Crippen LogP contribution in [0.25, 0.3) is 0 Å². The lowest BCUT2D eigenvalue weighted by molar-refractivity contribution is 0.101. The third-order valence-corrected chi connectivity index (χ3v) is 5.71. The van der Waals surface area contributed by atoms with Crippen molar-refractivity contribution in [2.45, 2.75) is 38.1 Å². The summed E-state index contributed by atoms with van der Waals surface area (Å²) in [5.41, 5.74) is 0.460. The third kappa shape index (κ3) is 5.63. The molecule has 0 bridgehead atoms. The van der Waals surface area contributed by atoms with Crippen LogP contribution in [-0.2, 0) is 10.0 Å². The van der Waals surface area contributed by atoms with Crippen LogP contribution in [0.4, 0.5) is 5.69 Å². The van der Waals surface area contributed by atoms with Crippen molar-refractivity contribution < 1.29 is 18.0 Å². The molecule has 0 heterocycles. The van der Waals surface area contributed by atoms with Crippen molar-refractivity contribution in [1.29, 1.82) is 0 Å². The molecule has 2 rings (SSSR count). The lowest BCUT2D eigenvalue weighted by Gasteiger charge is -2.21. The van der Waals surface area contributed by atoms with Gasteiger partial charge >= 0.3 is 0 Å². The molecule has 1 amide bonds. The molecule has 0 fully saturated rings. The molecule has 2 aromatic carbocycles. The highest BCUT2D eigenvalue weighted by atomic mass is 35.5. The third-order valence-electron chi connectivity index (χ3n) is 3.47. The van der Waals surface area contributed by atoms with Gasteiger partial charge in [0, 0.05) is 22.4 Å². The molecule has 27 heavy (non-hydrogen) atoms. The topological polar surface area (TPSA) is 92.3 Å². The van der Waals surface area contributed by atoms with Crippen LogP contribution >= 0.6 is 11.6 Å². The predicted octanol–water partition coefficient (Wildman–Crippen LogP) is 3.87. The van der Waals surface area contributed by atoms with Gasteiger partial charge in [-0.25, -0.2) is 13.1 Å². The van der Waals surface area contributed by atoms with Crippen molar-refractivity contribution in [3.8, 4) is 0 Å². The second-order valence-electron chi connectivity index (χ2n) is 7.09. The molecule has 0 aromatic heterocycles. The van der Waals surface area contributed by atoms with Crippen LogP contribution in [0, 0.1) is 0 Å². The summed E-state index contributed by atoms with van der Waals surface area (Å²) in [6.07, 6.45) is 0. The average molecular weight is 409 g/mol. The summed E-state index contributed by atoms with van der Waals surface area (Å²) in [5, 5.41) is 2.68. The number of halogens is 1. The minimum absolute atomic E-state index is 0.0223. The van der Waals surface area contributed by atoms with Gasteiger partial charge in [-0.3, -0.25) is 9.59 Å². The SMILES string of the molecule is CC(=O)c1ccc(NC(=O)c2ccc(Cl)c(S(=O)(=O)NC(C)(C)C)c2)cc1. The second kappa shape index (κ2) is 7.80. The molecule has 0 spiro atoms. The van der Waals surface area contributed by atoms with Gasteiger partial charge in [-0.15, -0.1) is 0 Å². The lowest BCUT2D eigenvalue weighted by Crippen LogP contribution is -2.40. The highest BCUT2D eigenvalue weighted by molar-refractivity contribution is 7.89. The molecule has 0 atom stereocenters. The first-order chi connectivity index (χ1) is 12.4. The smallest absolute Gasteiger partial charge is 0.255 e. The number of nitrogens with one attached hydrogen (secondary N) is 2. The van der Waals surface area contributed by atoms with Gasteiger partial charge in [0.2, 0.25) is 10.0 Å². The zero-order chi connectivity index (χ0) is 20.4. The van der Waals surface area contributed by atoms with Gasteiger partial charge in [0.25, 0.3) is 5.91 Å².